The summed E-state index contributed by atoms with van der Waals surface area (Å²) in [4.78, 5) is 70.5. The Hall–Kier alpha value is -4.09. The number of nitrogens with zero attached hydrogens (tertiary/aromatic N) is 2. The highest BCUT2D eigenvalue weighted by atomic mass is 16.2. The molecule has 0 bridgehead atoms. The van der Waals surface area contributed by atoms with E-state index in [2.05, 4.69) is 38.1 Å². The molecule has 1 aliphatic heterocycles. The van der Waals surface area contributed by atoms with Crippen LogP contribution in [0.5, 0.6) is 0 Å². The third-order valence-electron chi connectivity index (χ3n) is 8.65. The molecule has 49 heavy (non-hydrogen) atoms. The van der Waals surface area contributed by atoms with E-state index < -0.39 is 41.9 Å². The summed E-state index contributed by atoms with van der Waals surface area (Å²) in [7, 11) is 2.05. The van der Waals surface area contributed by atoms with Crippen LogP contribution >= 0.6 is 0 Å². The first-order valence-corrected chi connectivity index (χ1v) is 17.6. The van der Waals surface area contributed by atoms with Crippen molar-refractivity contribution in [3.63, 3.8) is 0 Å². The highest BCUT2D eigenvalue weighted by Gasteiger charge is 2.31. The van der Waals surface area contributed by atoms with Crippen molar-refractivity contribution in [2.75, 3.05) is 39.8 Å². The summed E-state index contributed by atoms with van der Waals surface area (Å²) >= 11 is 0. The number of hydrogen-bond acceptors (Lipinski definition) is 7. The Labute approximate surface area is 291 Å². The summed E-state index contributed by atoms with van der Waals surface area (Å²) < 4.78 is 0. The third-order valence-corrected chi connectivity index (χ3v) is 8.65. The Balaban J connectivity index is 1.77. The molecule has 2 aromatic carbocycles. The van der Waals surface area contributed by atoms with Gasteiger partial charge in [-0.05, 0) is 55.7 Å². The maximum atomic E-state index is 13.9. The van der Waals surface area contributed by atoms with Crippen LogP contribution < -0.4 is 21.3 Å². The monoisotopic (exact) mass is 676 g/mol. The van der Waals surface area contributed by atoms with E-state index in [9.17, 15) is 24.0 Å². The van der Waals surface area contributed by atoms with Gasteiger partial charge in [0.15, 0.2) is 0 Å². The molecular formula is C38H56N6O5. The van der Waals surface area contributed by atoms with Gasteiger partial charge >= 0.3 is 0 Å². The Morgan fingerprint density at radius 2 is 1.20 bits per heavy atom. The molecule has 0 aliphatic carbocycles. The molecule has 1 saturated heterocycles. The molecule has 11 heteroatoms. The van der Waals surface area contributed by atoms with Crippen molar-refractivity contribution in [2.45, 2.75) is 84.0 Å². The zero-order valence-electron chi connectivity index (χ0n) is 29.8. The molecule has 1 aliphatic rings. The van der Waals surface area contributed by atoms with E-state index in [1.54, 1.807) is 0 Å². The first-order valence-electron chi connectivity index (χ1n) is 17.6. The molecule has 11 nitrogen and oxygen atoms in total. The lowest BCUT2D eigenvalue weighted by Crippen LogP contribution is -2.58. The van der Waals surface area contributed by atoms with E-state index >= 15 is 0 Å². The minimum Gasteiger partial charge on any atom is -0.345 e. The number of aryl methyl sites for hydroxylation is 1. The molecule has 1 fully saturated rings. The summed E-state index contributed by atoms with van der Waals surface area (Å²) in [6.45, 7) is 11.3. The van der Waals surface area contributed by atoms with E-state index in [-0.39, 0.29) is 30.7 Å². The van der Waals surface area contributed by atoms with Gasteiger partial charge in [0, 0.05) is 32.6 Å². The topological polar surface area (TPSA) is 140 Å². The standard InChI is InChI=1S/C38H56N6O5/c1-27(2)22-31(26-45)39-37(48)34(24-30-14-10-7-11-15-30)42-38(49)33(23-28(3)4)41-36(47)32(17-16-29-12-8-6-9-13-29)40-35(46)25-44-20-18-43(5)19-21-44/h6-15,26-28,31-34H,16-25H2,1-5H3,(H,39,48)(H,40,46)(H,41,47)(H,42,49)/t31-,32-,33-,34-/m0/s1. The van der Waals surface area contributed by atoms with Crippen LogP contribution in [0, 0.1) is 11.8 Å². The number of benzene rings is 2. The molecule has 4 N–H and O–H groups in total. The van der Waals surface area contributed by atoms with Crippen LogP contribution in [0.4, 0.5) is 0 Å². The van der Waals surface area contributed by atoms with Gasteiger partial charge in [0.25, 0.3) is 0 Å². The Morgan fingerprint density at radius 3 is 1.78 bits per heavy atom. The zero-order valence-corrected chi connectivity index (χ0v) is 29.8. The van der Waals surface area contributed by atoms with Gasteiger partial charge in [-0.1, -0.05) is 88.4 Å². The number of rotatable bonds is 19. The predicted octanol–water partition coefficient (Wildman–Crippen LogP) is 2.34. The van der Waals surface area contributed by atoms with Crippen LogP contribution in [0.25, 0.3) is 0 Å². The summed E-state index contributed by atoms with van der Waals surface area (Å²) in [6.07, 6.45) is 2.62. The highest BCUT2D eigenvalue weighted by molar-refractivity contribution is 5.95. The number of amides is 4. The largest absolute Gasteiger partial charge is 0.345 e. The Kier molecular flexibility index (Phi) is 16.4. The molecule has 4 atom stereocenters. The van der Waals surface area contributed by atoms with Crippen molar-refractivity contribution in [1.29, 1.82) is 0 Å². The smallest absolute Gasteiger partial charge is 0.243 e. The van der Waals surface area contributed by atoms with Crippen molar-refractivity contribution >= 4 is 29.9 Å². The highest BCUT2D eigenvalue weighted by Crippen LogP contribution is 2.12. The van der Waals surface area contributed by atoms with Crippen molar-refractivity contribution in [3.05, 3.63) is 71.8 Å². The lowest BCUT2D eigenvalue weighted by Gasteiger charge is -2.32. The maximum absolute atomic E-state index is 13.9. The first-order chi connectivity index (χ1) is 23.4. The molecule has 1 heterocycles. The van der Waals surface area contributed by atoms with E-state index in [0.29, 0.717) is 32.0 Å². The van der Waals surface area contributed by atoms with Crippen molar-refractivity contribution < 1.29 is 24.0 Å². The third kappa shape index (κ3) is 14.5. The van der Waals surface area contributed by atoms with Gasteiger partial charge in [-0.25, -0.2) is 0 Å². The number of hydrogen-bond donors (Lipinski definition) is 4. The minimum absolute atomic E-state index is 0.0394. The average Bonchev–Trinajstić information content (AvgIpc) is 3.07. The SMILES string of the molecule is CC(C)C[C@@H](C=O)NC(=O)[C@H](Cc1ccccc1)NC(=O)[C@H](CC(C)C)NC(=O)[C@H](CCc1ccccc1)NC(=O)CN1CCN(C)CC1. The molecule has 3 rings (SSSR count). The van der Waals surface area contributed by atoms with Gasteiger partial charge in [-0.3, -0.25) is 24.1 Å². The maximum Gasteiger partial charge on any atom is 0.243 e. The minimum atomic E-state index is -0.978. The van der Waals surface area contributed by atoms with Gasteiger partial charge in [-0.2, -0.15) is 0 Å². The summed E-state index contributed by atoms with van der Waals surface area (Å²) in [5.41, 5.74) is 1.87. The van der Waals surface area contributed by atoms with Crippen LogP contribution in [0.1, 0.15) is 58.1 Å². The molecule has 4 amide bonds. The number of nitrogens with one attached hydrogen (secondary N) is 4. The van der Waals surface area contributed by atoms with Gasteiger partial charge in [0.05, 0.1) is 12.6 Å². The van der Waals surface area contributed by atoms with Crippen molar-refractivity contribution in [1.82, 2.24) is 31.1 Å². The summed E-state index contributed by atoms with van der Waals surface area (Å²) in [6, 6.07) is 15.6. The Morgan fingerprint density at radius 1 is 0.673 bits per heavy atom. The van der Waals surface area contributed by atoms with E-state index in [4.69, 9.17) is 0 Å². The van der Waals surface area contributed by atoms with Crippen molar-refractivity contribution in [2.24, 2.45) is 11.8 Å². The molecule has 0 aromatic heterocycles. The summed E-state index contributed by atoms with van der Waals surface area (Å²) in [5, 5.41) is 11.5. The number of likely N-dealkylation sites (N-methyl/N-ethyl adjacent to an activating group) is 1. The molecule has 0 spiro atoms. The summed E-state index contributed by atoms with van der Waals surface area (Å²) in [5.74, 6) is -1.45. The van der Waals surface area contributed by atoms with E-state index in [0.717, 1.165) is 37.3 Å². The predicted molar refractivity (Wildman–Crippen MR) is 192 cm³/mol. The van der Waals surface area contributed by atoms with Crippen molar-refractivity contribution in [3.8, 4) is 0 Å². The molecule has 2 aromatic rings. The second kappa shape index (κ2) is 20.4. The van der Waals surface area contributed by atoms with Crippen LogP contribution in [-0.2, 0) is 36.8 Å². The fourth-order valence-electron chi connectivity index (χ4n) is 5.92. The van der Waals surface area contributed by atoms with Gasteiger partial charge in [-0.15, -0.1) is 0 Å². The lowest BCUT2D eigenvalue weighted by atomic mass is 9.99. The number of carbonyl (C=O) groups is 5. The number of aldehydes is 1. The molecule has 268 valence electrons. The van der Waals surface area contributed by atoms with Crippen LogP contribution in [-0.4, -0.2) is 104 Å². The zero-order chi connectivity index (χ0) is 35.8. The first kappa shape index (κ1) is 39.3. The van der Waals surface area contributed by atoms with Gasteiger partial charge in [0.1, 0.15) is 24.4 Å². The molecule has 0 radical (unpaired) electrons. The van der Waals surface area contributed by atoms with Gasteiger partial charge < -0.3 is 31.0 Å². The van der Waals surface area contributed by atoms with E-state index in [1.807, 2.05) is 88.4 Å². The van der Waals surface area contributed by atoms with Crippen LogP contribution in [0.3, 0.4) is 0 Å². The second-order valence-corrected chi connectivity index (χ2v) is 14.0. The fraction of sp³-hybridized carbons (Fsp3) is 0.553. The molecule has 0 saturated carbocycles. The Bertz CT molecular complexity index is 1330. The van der Waals surface area contributed by atoms with Crippen LogP contribution in [0.15, 0.2) is 60.7 Å². The average molecular weight is 677 g/mol. The fourth-order valence-corrected chi connectivity index (χ4v) is 5.92. The molecule has 0 unspecified atom stereocenters. The lowest BCUT2D eigenvalue weighted by molar-refractivity contribution is -0.134. The normalized spacial score (nSPS) is 16.3. The number of carbonyl (C=O) groups excluding carboxylic acids is 5. The van der Waals surface area contributed by atoms with Gasteiger partial charge in [0.2, 0.25) is 23.6 Å². The van der Waals surface area contributed by atoms with Crippen LogP contribution in [0.2, 0.25) is 0 Å². The number of piperazine rings is 1. The second-order valence-electron chi connectivity index (χ2n) is 14.0. The quantitative estimate of drug-likeness (QED) is 0.168. The van der Waals surface area contributed by atoms with E-state index in [1.165, 1.54) is 0 Å². The molecular weight excluding hydrogens is 620 g/mol.